The first-order chi connectivity index (χ1) is 10.2. The van der Waals surface area contributed by atoms with E-state index in [0.29, 0.717) is 11.3 Å². The molecular formula is C15H14FNO4S. The number of halogens is 1. The van der Waals surface area contributed by atoms with Gasteiger partial charge in [-0.1, -0.05) is 6.07 Å². The Morgan fingerprint density at radius 1 is 1.14 bits per heavy atom. The molecule has 0 aliphatic carbocycles. The fourth-order valence-corrected chi connectivity index (χ4v) is 2.26. The van der Waals surface area contributed by atoms with Crippen LogP contribution >= 0.6 is 0 Å². The highest BCUT2D eigenvalue weighted by molar-refractivity contribution is 7.92. The fourth-order valence-electron chi connectivity index (χ4n) is 1.69. The number of rotatable bonds is 4. The first kappa shape index (κ1) is 16.0. The highest BCUT2D eigenvalue weighted by Gasteiger charge is 2.11. The maximum absolute atomic E-state index is 13.4. The predicted octanol–water partition coefficient (Wildman–Crippen LogP) is 2.72. The molecule has 0 fully saturated rings. The molecule has 0 aliphatic rings. The SMILES string of the molecule is Cc1ccc(C(=O)Oc2ccc(NS(C)(=O)=O)cc2)cc1F. The van der Waals surface area contributed by atoms with E-state index in [1.54, 1.807) is 6.92 Å². The zero-order valence-electron chi connectivity index (χ0n) is 12.0. The van der Waals surface area contributed by atoms with Crippen molar-refractivity contribution in [3.63, 3.8) is 0 Å². The Hall–Kier alpha value is -2.41. The molecule has 0 atom stereocenters. The van der Waals surface area contributed by atoms with Crippen molar-refractivity contribution in [2.45, 2.75) is 6.92 Å². The molecule has 0 saturated carbocycles. The molecule has 0 aliphatic heterocycles. The monoisotopic (exact) mass is 323 g/mol. The average molecular weight is 323 g/mol. The van der Waals surface area contributed by atoms with E-state index in [4.69, 9.17) is 4.74 Å². The lowest BCUT2D eigenvalue weighted by atomic mass is 10.1. The summed E-state index contributed by atoms with van der Waals surface area (Å²) in [7, 11) is -3.36. The Morgan fingerprint density at radius 3 is 2.32 bits per heavy atom. The number of esters is 1. The van der Waals surface area contributed by atoms with Crippen molar-refractivity contribution in [1.29, 1.82) is 0 Å². The Kier molecular flexibility index (Phi) is 4.46. The largest absolute Gasteiger partial charge is 0.423 e. The minimum atomic E-state index is -3.36. The Bertz CT molecular complexity index is 801. The van der Waals surface area contributed by atoms with Gasteiger partial charge in [-0.05, 0) is 48.9 Å². The second-order valence-corrected chi connectivity index (χ2v) is 6.50. The molecular weight excluding hydrogens is 309 g/mol. The third-order valence-corrected chi connectivity index (χ3v) is 3.38. The number of carbonyl (C=O) groups is 1. The predicted molar refractivity (Wildman–Crippen MR) is 81.0 cm³/mol. The van der Waals surface area contributed by atoms with Gasteiger partial charge in [-0.25, -0.2) is 17.6 Å². The van der Waals surface area contributed by atoms with Crippen molar-refractivity contribution in [1.82, 2.24) is 0 Å². The number of anilines is 1. The molecule has 2 rings (SSSR count). The lowest BCUT2D eigenvalue weighted by molar-refractivity contribution is 0.0734. The van der Waals surface area contributed by atoms with Crippen LogP contribution in [0.25, 0.3) is 0 Å². The van der Waals surface area contributed by atoms with Crippen molar-refractivity contribution in [3.05, 3.63) is 59.4 Å². The Morgan fingerprint density at radius 2 is 1.77 bits per heavy atom. The lowest BCUT2D eigenvalue weighted by Crippen LogP contribution is -2.10. The highest BCUT2D eigenvalue weighted by atomic mass is 32.2. The van der Waals surface area contributed by atoms with E-state index in [2.05, 4.69) is 4.72 Å². The van der Waals surface area contributed by atoms with Gasteiger partial charge in [-0.2, -0.15) is 0 Å². The normalized spacial score (nSPS) is 11.0. The second-order valence-electron chi connectivity index (χ2n) is 4.75. The second kappa shape index (κ2) is 6.15. The minimum Gasteiger partial charge on any atom is -0.423 e. The van der Waals surface area contributed by atoms with Crippen molar-refractivity contribution >= 4 is 21.7 Å². The van der Waals surface area contributed by atoms with Crippen LogP contribution in [0, 0.1) is 12.7 Å². The van der Waals surface area contributed by atoms with Gasteiger partial charge in [0.1, 0.15) is 11.6 Å². The summed E-state index contributed by atoms with van der Waals surface area (Å²) in [6.07, 6.45) is 1.03. The van der Waals surface area contributed by atoms with Gasteiger partial charge < -0.3 is 4.74 Å². The van der Waals surface area contributed by atoms with E-state index >= 15 is 0 Å². The van der Waals surface area contributed by atoms with E-state index in [0.717, 1.165) is 12.3 Å². The van der Waals surface area contributed by atoms with Gasteiger partial charge >= 0.3 is 5.97 Å². The van der Waals surface area contributed by atoms with Gasteiger partial charge in [0, 0.05) is 5.69 Å². The van der Waals surface area contributed by atoms with E-state index in [-0.39, 0.29) is 11.3 Å². The molecule has 2 aromatic carbocycles. The molecule has 0 saturated heterocycles. The lowest BCUT2D eigenvalue weighted by Gasteiger charge is -2.07. The first-order valence-corrected chi connectivity index (χ1v) is 8.20. The standard InChI is InChI=1S/C15H14FNO4S/c1-10-3-4-11(9-14(10)16)15(18)21-13-7-5-12(6-8-13)17-22(2,19)20/h3-9,17H,1-2H3. The van der Waals surface area contributed by atoms with Gasteiger partial charge in [0.15, 0.2) is 0 Å². The molecule has 0 radical (unpaired) electrons. The molecule has 0 unspecified atom stereocenters. The summed E-state index contributed by atoms with van der Waals surface area (Å²) in [5.74, 6) is -0.949. The highest BCUT2D eigenvalue weighted by Crippen LogP contribution is 2.18. The summed E-state index contributed by atoms with van der Waals surface area (Å²) < 4.78 is 43.0. The van der Waals surface area contributed by atoms with Crippen LogP contribution in [0.3, 0.4) is 0 Å². The van der Waals surface area contributed by atoms with Crippen molar-refractivity contribution in [2.24, 2.45) is 0 Å². The quantitative estimate of drug-likeness (QED) is 0.693. The van der Waals surface area contributed by atoms with Crippen LogP contribution in [0.15, 0.2) is 42.5 Å². The molecule has 1 N–H and O–H groups in total. The molecule has 22 heavy (non-hydrogen) atoms. The van der Waals surface area contributed by atoms with Gasteiger partial charge in [0.2, 0.25) is 10.0 Å². The topological polar surface area (TPSA) is 72.5 Å². The van der Waals surface area contributed by atoms with E-state index in [9.17, 15) is 17.6 Å². The molecule has 116 valence electrons. The summed E-state index contributed by atoms with van der Waals surface area (Å²) >= 11 is 0. The number of ether oxygens (including phenoxy) is 1. The summed E-state index contributed by atoms with van der Waals surface area (Å²) in [5.41, 5.74) is 0.887. The molecule has 0 spiro atoms. The van der Waals surface area contributed by atoms with E-state index in [1.165, 1.54) is 36.4 Å². The average Bonchev–Trinajstić information content (AvgIpc) is 2.42. The number of hydrogen-bond donors (Lipinski definition) is 1. The number of sulfonamides is 1. The summed E-state index contributed by atoms with van der Waals surface area (Å²) in [6.45, 7) is 1.60. The Labute approximate surface area is 127 Å². The zero-order valence-corrected chi connectivity index (χ0v) is 12.8. The number of nitrogens with one attached hydrogen (secondary N) is 1. The van der Waals surface area contributed by atoms with Crippen LogP contribution in [0.2, 0.25) is 0 Å². The van der Waals surface area contributed by atoms with Crippen molar-refractivity contribution < 1.29 is 22.3 Å². The Balaban J connectivity index is 2.10. The summed E-state index contributed by atoms with van der Waals surface area (Å²) in [4.78, 5) is 11.9. The molecule has 0 heterocycles. The van der Waals surface area contributed by atoms with Crippen LogP contribution in [0.5, 0.6) is 5.75 Å². The molecule has 0 amide bonds. The van der Waals surface area contributed by atoms with Crippen molar-refractivity contribution in [3.8, 4) is 5.75 Å². The molecule has 0 aromatic heterocycles. The van der Waals surface area contributed by atoms with Gasteiger partial charge in [0.05, 0.1) is 11.8 Å². The van der Waals surface area contributed by atoms with Gasteiger partial charge in [0.25, 0.3) is 0 Å². The fraction of sp³-hybridized carbons (Fsp3) is 0.133. The molecule has 7 heteroatoms. The van der Waals surface area contributed by atoms with E-state index in [1.807, 2.05) is 0 Å². The number of hydrogen-bond acceptors (Lipinski definition) is 4. The summed E-state index contributed by atoms with van der Waals surface area (Å²) in [6, 6.07) is 9.87. The first-order valence-electron chi connectivity index (χ1n) is 6.31. The molecule has 0 bridgehead atoms. The molecule has 5 nitrogen and oxygen atoms in total. The van der Waals surface area contributed by atoms with Crippen molar-refractivity contribution in [2.75, 3.05) is 11.0 Å². The van der Waals surface area contributed by atoms with Gasteiger partial charge in [-0.3, -0.25) is 4.72 Å². The maximum Gasteiger partial charge on any atom is 0.343 e. The minimum absolute atomic E-state index is 0.0986. The summed E-state index contributed by atoms with van der Waals surface area (Å²) in [5, 5.41) is 0. The number of aryl methyl sites for hydroxylation is 1. The maximum atomic E-state index is 13.4. The van der Waals surface area contributed by atoms with Crippen LogP contribution in [-0.2, 0) is 10.0 Å². The van der Waals surface area contributed by atoms with Crippen LogP contribution < -0.4 is 9.46 Å². The number of benzene rings is 2. The van der Waals surface area contributed by atoms with E-state index < -0.39 is 21.8 Å². The van der Waals surface area contributed by atoms with Crippen LogP contribution in [0.4, 0.5) is 10.1 Å². The zero-order chi connectivity index (χ0) is 16.3. The van der Waals surface area contributed by atoms with Crippen LogP contribution in [0.1, 0.15) is 15.9 Å². The smallest absolute Gasteiger partial charge is 0.343 e. The third kappa shape index (κ3) is 4.29. The van der Waals surface area contributed by atoms with Crippen LogP contribution in [-0.4, -0.2) is 20.6 Å². The van der Waals surface area contributed by atoms with Gasteiger partial charge in [-0.15, -0.1) is 0 Å². The molecule has 2 aromatic rings. The number of carbonyl (C=O) groups excluding carboxylic acids is 1. The third-order valence-electron chi connectivity index (χ3n) is 2.78.